The van der Waals surface area contributed by atoms with E-state index in [4.69, 9.17) is 4.42 Å². The highest BCUT2D eigenvalue weighted by Gasteiger charge is 2.31. The topological polar surface area (TPSA) is 91.6 Å². The van der Waals surface area contributed by atoms with Gasteiger partial charge in [0, 0.05) is 38.8 Å². The molecule has 1 aromatic carbocycles. The van der Waals surface area contributed by atoms with Crippen LogP contribution in [-0.4, -0.2) is 31.7 Å². The van der Waals surface area contributed by atoms with Crippen molar-refractivity contribution in [3.8, 4) is 0 Å². The summed E-state index contributed by atoms with van der Waals surface area (Å²) in [5, 5.41) is 6.10. The van der Waals surface area contributed by atoms with Crippen molar-refractivity contribution >= 4 is 28.3 Å². The molecule has 0 unspecified atom stereocenters. The first kappa shape index (κ1) is 20.9. The minimum Gasteiger partial charge on any atom is -0.455 e. The van der Waals surface area contributed by atoms with E-state index in [1.54, 1.807) is 6.92 Å². The molecule has 2 aromatic rings. The van der Waals surface area contributed by atoms with Gasteiger partial charge in [-0.25, -0.2) is 8.42 Å². The third-order valence-electron chi connectivity index (χ3n) is 5.13. The molecule has 4 rings (SSSR count). The number of nitrogens with zero attached hydrogens (tertiary/aromatic N) is 1. The van der Waals surface area contributed by atoms with E-state index in [9.17, 15) is 13.2 Å². The highest BCUT2D eigenvalue weighted by Crippen LogP contribution is 2.26. The predicted octanol–water partition coefficient (Wildman–Crippen LogP) is 2.33. The highest BCUT2D eigenvalue weighted by molar-refractivity contribution is 7.89. The van der Waals surface area contributed by atoms with Crippen molar-refractivity contribution in [2.45, 2.75) is 44.3 Å². The molecule has 0 saturated carbocycles. The summed E-state index contributed by atoms with van der Waals surface area (Å²) >= 11 is 0. The molecule has 0 bridgehead atoms. The molecule has 1 fully saturated rings. The summed E-state index contributed by atoms with van der Waals surface area (Å²) in [7, 11) is -3.60. The van der Waals surface area contributed by atoms with Gasteiger partial charge in [0.15, 0.2) is 5.76 Å². The van der Waals surface area contributed by atoms with E-state index in [0.717, 1.165) is 31.5 Å². The molecule has 0 spiro atoms. The zero-order chi connectivity index (χ0) is 19.0. The van der Waals surface area contributed by atoms with Crippen LogP contribution in [0.2, 0.25) is 0 Å². The lowest BCUT2D eigenvalue weighted by Crippen LogP contribution is -2.28. The van der Waals surface area contributed by atoms with Gasteiger partial charge in [-0.1, -0.05) is 18.2 Å². The van der Waals surface area contributed by atoms with Gasteiger partial charge in [-0.15, -0.1) is 12.4 Å². The van der Waals surface area contributed by atoms with Crippen molar-refractivity contribution in [2.24, 2.45) is 0 Å². The number of benzene rings is 1. The zero-order valence-corrected chi connectivity index (χ0v) is 17.3. The van der Waals surface area contributed by atoms with E-state index >= 15 is 0 Å². The van der Waals surface area contributed by atoms with Gasteiger partial charge in [0.1, 0.15) is 10.7 Å². The Morgan fingerprint density at radius 3 is 2.64 bits per heavy atom. The molecule has 152 valence electrons. The molecule has 2 N–H and O–H groups in total. The normalized spacial score (nSPS) is 16.6. The molecule has 3 heterocycles. The fraction of sp³-hybridized carbons (Fsp3) is 0.421. The number of amides is 1. The number of hydrogen-bond acceptors (Lipinski definition) is 5. The van der Waals surface area contributed by atoms with Gasteiger partial charge >= 0.3 is 0 Å². The lowest BCUT2D eigenvalue weighted by molar-refractivity contribution is 0.0922. The largest absolute Gasteiger partial charge is 0.455 e. The first-order chi connectivity index (χ1) is 12.9. The quantitative estimate of drug-likeness (QED) is 0.767. The maximum absolute atomic E-state index is 12.7. The van der Waals surface area contributed by atoms with Gasteiger partial charge in [-0.2, -0.15) is 4.31 Å². The summed E-state index contributed by atoms with van der Waals surface area (Å²) in [6.07, 6.45) is 1.72. The molecular weight excluding hydrogens is 402 g/mol. The third kappa shape index (κ3) is 3.96. The van der Waals surface area contributed by atoms with Crippen LogP contribution < -0.4 is 10.6 Å². The van der Waals surface area contributed by atoms with E-state index in [1.165, 1.54) is 21.5 Å². The van der Waals surface area contributed by atoms with Crippen LogP contribution in [-0.2, 0) is 29.7 Å². The molecule has 2 aliphatic rings. The average molecular weight is 426 g/mol. The molecule has 1 aromatic heterocycles. The summed E-state index contributed by atoms with van der Waals surface area (Å²) in [5.74, 6) is -0.150. The Morgan fingerprint density at radius 2 is 1.89 bits per heavy atom. The molecule has 28 heavy (non-hydrogen) atoms. The molecule has 0 atom stereocenters. The van der Waals surface area contributed by atoms with Gasteiger partial charge in [-0.05, 0) is 36.5 Å². The van der Waals surface area contributed by atoms with Crippen LogP contribution in [0.4, 0.5) is 0 Å². The maximum Gasteiger partial charge on any atom is 0.287 e. The SMILES string of the molecule is Cc1oc(C(=O)NCc2ccc3c(c2)CNC3)cc1S(=O)(=O)N1CCCC1.Cl. The molecular formula is C19H24ClN3O4S. The first-order valence-electron chi connectivity index (χ1n) is 9.15. The van der Waals surface area contributed by atoms with Gasteiger partial charge in [-0.3, -0.25) is 4.79 Å². The highest BCUT2D eigenvalue weighted by atomic mass is 35.5. The lowest BCUT2D eigenvalue weighted by atomic mass is 10.1. The number of carbonyl (C=O) groups is 1. The summed E-state index contributed by atoms with van der Waals surface area (Å²) in [4.78, 5) is 12.5. The fourth-order valence-electron chi connectivity index (χ4n) is 3.63. The summed E-state index contributed by atoms with van der Waals surface area (Å²) in [6.45, 7) is 4.69. The smallest absolute Gasteiger partial charge is 0.287 e. The van der Waals surface area contributed by atoms with Crippen molar-refractivity contribution in [1.29, 1.82) is 0 Å². The van der Waals surface area contributed by atoms with Gasteiger partial charge in [0.05, 0.1) is 0 Å². The zero-order valence-electron chi connectivity index (χ0n) is 15.7. The first-order valence-corrected chi connectivity index (χ1v) is 10.6. The standard InChI is InChI=1S/C19H23N3O4S.ClH/c1-13-18(27(24,25)22-6-2-3-7-22)9-17(26-13)19(23)21-10-14-4-5-15-11-20-12-16(15)8-14;/h4-5,8-9,20H,2-3,6-7,10-12H2,1H3,(H,21,23);1H. The minimum atomic E-state index is -3.60. The van der Waals surface area contributed by atoms with E-state index in [1.807, 2.05) is 6.07 Å². The van der Waals surface area contributed by atoms with Gasteiger partial charge in [0.25, 0.3) is 5.91 Å². The van der Waals surface area contributed by atoms with Gasteiger partial charge in [0.2, 0.25) is 10.0 Å². The van der Waals surface area contributed by atoms with E-state index in [-0.39, 0.29) is 28.8 Å². The second-order valence-corrected chi connectivity index (χ2v) is 8.94. The number of aryl methyl sites for hydroxylation is 1. The van der Waals surface area contributed by atoms with Crippen LogP contribution in [0.5, 0.6) is 0 Å². The van der Waals surface area contributed by atoms with Crippen molar-refractivity contribution in [1.82, 2.24) is 14.9 Å². The second kappa shape index (κ2) is 8.24. The Labute approximate surface area is 170 Å². The van der Waals surface area contributed by atoms with E-state index in [0.29, 0.717) is 19.6 Å². The van der Waals surface area contributed by atoms with Crippen LogP contribution in [0.15, 0.2) is 33.6 Å². The molecule has 2 aliphatic heterocycles. The fourth-order valence-corrected chi connectivity index (χ4v) is 5.31. The molecule has 1 amide bonds. The number of sulfonamides is 1. The number of fused-ring (bicyclic) bond motifs is 1. The monoisotopic (exact) mass is 425 g/mol. The van der Waals surface area contributed by atoms with Crippen LogP contribution >= 0.6 is 12.4 Å². The second-order valence-electron chi connectivity index (χ2n) is 7.03. The van der Waals surface area contributed by atoms with E-state index in [2.05, 4.69) is 22.8 Å². The maximum atomic E-state index is 12.7. The van der Waals surface area contributed by atoms with Gasteiger partial charge < -0.3 is 15.1 Å². The average Bonchev–Trinajstić information content (AvgIpc) is 3.39. The minimum absolute atomic E-state index is 0. The Morgan fingerprint density at radius 1 is 1.18 bits per heavy atom. The van der Waals surface area contributed by atoms with Crippen molar-refractivity contribution < 1.29 is 17.6 Å². The molecule has 1 saturated heterocycles. The predicted molar refractivity (Wildman–Crippen MR) is 107 cm³/mol. The number of furan rings is 1. The summed E-state index contributed by atoms with van der Waals surface area (Å²) < 4.78 is 32.3. The molecule has 0 aliphatic carbocycles. The number of nitrogens with one attached hydrogen (secondary N) is 2. The van der Waals surface area contributed by atoms with Crippen LogP contribution in [0.25, 0.3) is 0 Å². The number of carbonyl (C=O) groups excluding carboxylic acids is 1. The van der Waals surface area contributed by atoms with Crippen LogP contribution in [0.3, 0.4) is 0 Å². The van der Waals surface area contributed by atoms with Crippen molar-refractivity contribution in [3.05, 3.63) is 52.5 Å². The van der Waals surface area contributed by atoms with Crippen LogP contribution in [0.1, 0.15) is 45.8 Å². The van der Waals surface area contributed by atoms with E-state index < -0.39 is 15.9 Å². The van der Waals surface area contributed by atoms with Crippen molar-refractivity contribution in [3.63, 3.8) is 0 Å². The van der Waals surface area contributed by atoms with Crippen molar-refractivity contribution in [2.75, 3.05) is 13.1 Å². The Kier molecular flexibility index (Phi) is 6.14. The summed E-state index contributed by atoms with van der Waals surface area (Å²) in [6, 6.07) is 7.47. The molecule has 9 heteroatoms. The number of hydrogen-bond donors (Lipinski definition) is 2. The number of rotatable bonds is 5. The third-order valence-corrected chi connectivity index (χ3v) is 7.14. The Hall–Kier alpha value is -1.87. The summed E-state index contributed by atoms with van der Waals surface area (Å²) in [5.41, 5.74) is 3.53. The Balaban J connectivity index is 0.00000225. The molecule has 7 nitrogen and oxygen atoms in total. The Bertz CT molecular complexity index is 981. The lowest BCUT2D eigenvalue weighted by Gasteiger charge is -2.14. The molecule has 0 radical (unpaired) electrons. The van der Waals surface area contributed by atoms with Crippen LogP contribution in [0, 0.1) is 6.92 Å². The number of halogens is 1.